The lowest BCUT2D eigenvalue weighted by atomic mass is 9.96. The van der Waals surface area contributed by atoms with E-state index in [1.54, 1.807) is 13.0 Å². The first-order valence-corrected chi connectivity index (χ1v) is 6.13. The molecule has 0 unspecified atom stereocenters. The summed E-state index contributed by atoms with van der Waals surface area (Å²) in [6, 6.07) is 2.37. The summed E-state index contributed by atoms with van der Waals surface area (Å²) in [6.45, 7) is 1.59. The maximum absolute atomic E-state index is 10.7. The van der Waals surface area contributed by atoms with Crippen molar-refractivity contribution in [1.82, 2.24) is 9.78 Å². The molecule has 1 aliphatic rings. The Morgan fingerprint density at radius 1 is 1.47 bits per heavy atom. The van der Waals surface area contributed by atoms with Crippen LogP contribution in [0.1, 0.15) is 50.8 Å². The summed E-state index contributed by atoms with van der Waals surface area (Å²) in [4.78, 5) is 10.7. The summed E-state index contributed by atoms with van der Waals surface area (Å²) in [6.07, 6.45) is 9.79. The Kier molecular flexibility index (Phi) is 3.61. The Labute approximate surface area is 101 Å². The van der Waals surface area contributed by atoms with Crippen molar-refractivity contribution in [2.75, 3.05) is 0 Å². The molecule has 1 aromatic rings. The number of aliphatic carboxylic acids is 1. The maximum Gasteiger partial charge on any atom is 0.331 e. The number of hydrogen-bond donors (Lipinski definition) is 1. The van der Waals surface area contributed by atoms with Crippen LogP contribution in [-0.2, 0) is 4.79 Å². The van der Waals surface area contributed by atoms with Crippen LogP contribution in [0.15, 0.2) is 17.8 Å². The van der Waals surface area contributed by atoms with Crippen LogP contribution in [-0.4, -0.2) is 20.9 Å². The van der Waals surface area contributed by atoms with Crippen LogP contribution in [0.25, 0.3) is 6.08 Å². The van der Waals surface area contributed by atoms with Crippen molar-refractivity contribution in [3.05, 3.63) is 23.5 Å². The standard InChI is InChI=1S/C13H18N2O2/c1-10(13(16)17)9-11-7-8-15(14-11)12-5-3-2-4-6-12/h7-9,12H,2-6H2,1H3,(H,16,17). The molecule has 1 fully saturated rings. The highest BCUT2D eigenvalue weighted by Crippen LogP contribution is 2.27. The SMILES string of the molecule is CC(=Cc1ccn(C2CCCCC2)n1)C(=O)O. The van der Waals surface area contributed by atoms with Gasteiger partial charge in [-0.3, -0.25) is 4.68 Å². The van der Waals surface area contributed by atoms with Gasteiger partial charge in [-0.2, -0.15) is 5.10 Å². The molecule has 1 heterocycles. The normalized spacial score (nSPS) is 18.3. The van der Waals surface area contributed by atoms with Crippen LogP contribution in [0.3, 0.4) is 0 Å². The minimum Gasteiger partial charge on any atom is -0.478 e. The molecule has 1 aliphatic carbocycles. The molecule has 0 radical (unpaired) electrons. The largest absolute Gasteiger partial charge is 0.478 e. The Bertz CT molecular complexity index is 428. The van der Waals surface area contributed by atoms with Gasteiger partial charge in [0, 0.05) is 11.8 Å². The van der Waals surface area contributed by atoms with Crippen molar-refractivity contribution in [2.24, 2.45) is 0 Å². The number of carboxylic acids is 1. The third-order valence-corrected chi connectivity index (χ3v) is 3.28. The lowest BCUT2D eigenvalue weighted by Crippen LogP contribution is -2.13. The van der Waals surface area contributed by atoms with Crippen molar-refractivity contribution in [1.29, 1.82) is 0 Å². The molecule has 17 heavy (non-hydrogen) atoms. The van der Waals surface area contributed by atoms with Crippen molar-refractivity contribution in [2.45, 2.75) is 45.1 Å². The molecule has 4 nitrogen and oxygen atoms in total. The summed E-state index contributed by atoms with van der Waals surface area (Å²) in [5.74, 6) is -0.891. The molecule has 0 spiro atoms. The second kappa shape index (κ2) is 5.17. The predicted octanol–water partition coefficient (Wildman–Crippen LogP) is 2.88. The van der Waals surface area contributed by atoms with Gasteiger partial charge < -0.3 is 5.11 Å². The highest BCUT2D eigenvalue weighted by Gasteiger charge is 2.15. The number of hydrogen-bond acceptors (Lipinski definition) is 2. The molecule has 0 saturated heterocycles. The van der Waals surface area contributed by atoms with Gasteiger partial charge in [-0.1, -0.05) is 19.3 Å². The summed E-state index contributed by atoms with van der Waals surface area (Å²) < 4.78 is 1.99. The smallest absolute Gasteiger partial charge is 0.331 e. The zero-order valence-electron chi connectivity index (χ0n) is 10.1. The monoisotopic (exact) mass is 234 g/mol. The molecule has 1 N–H and O–H groups in total. The van der Waals surface area contributed by atoms with Crippen LogP contribution in [0.5, 0.6) is 0 Å². The maximum atomic E-state index is 10.7. The fourth-order valence-corrected chi connectivity index (χ4v) is 2.26. The third kappa shape index (κ3) is 2.96. The van der Waals surface area contributed by atoms with E-state index in [2.05, 4.69) is 5.10 Å². The van der Waals surface area contributed by atoms with E-state index in [-0.39, 0.29) is 0 Å². The summed E-state index contributed by atoms with van der Waals surface area (Å²) in [7, 11) is 0. The summed E-state index contributed by atoms with van der Waals surface area (Å²) in [5, 5.41) is 13.2. The number of rotatable bonds is 3. The van der Waals surface area contributed by atoms with Gasteiger partial charge in [0.05, 0.1) is 11.7 Å². The van der Waals surface area contributed by atoms with E-state index in [0.717, 1.165) is 5.69 Å². The Hall–Kier alpha value is -1.58. The molecule has 0 bridgehead atoms. The predicted molar refractivity (Wildman–Crippen MR) is 65.6 cm³/mol. The van der Waals surface area contributed by atoms with Crippen LogP contribution in [0.2, 0.25) is 0 Å². The first kappa shape index (κ1) is 11.9. The Morgan fingerprint density at radius 2 is 2.18 bits per heavy atom. The van der Waals surface area contributed by atoms with Gasteiger partial charge in [0.2, 0.25) is 0 Å². The molecule has 0 amide bonds. The minimum atomic E-state index is -0.891. The van der Waals surface area contributed by atoms with Crippen LogP contribution < -0.4 is 0 Å². The molecule has 0 atom stereocenters. The number of aromatic nitrogens is 2. The van der Waals surface area contributed by atoms with Gasteiger partial charge in [0.1, 0.15) is 0 Å². The highest BCUT2D eigenvalue weighted by molar-refractivity contribution is 5.91. The molecule has 1 aromatic heterocycles. The summed E-state index contributed by atoms with van der Waals surface area (Å²) in [5.41, 5.74) is 1.05. The van der Waals surface area contributed by atoms with E-state index < -0.39 is 5.97 Å². The molecule has 0 aliphatic heterocycles. The van der Waals surface area contributed by atoms with Gasteiger partial charge in [-0.25, -0.2) is 4.79 Å². The zero-order chi connectivity index (χ0) is 12.3. The van der Waals surface area contributed by atoms with Gasteiger partial charge in [-0.15, -0.1) is 0 Å². The fourth-order valence-electron chi connectivity index (χ4n) is 2.26. The molecular formula is C13H18N2O2. The third-order valence-electron chi connectivity index (χ3n) is 3.28. The Balaban J connectivity index is 2.10. The van der Waals surface area contributed by atoms with E-state index in [1.807, 2.05) is 16.9 Å². The zero-order valence-corrected chi connectivity index (χ0v) is 10.1. The lowest BCUT2D eigenvalue weighted by molar-refractivity contribution is -0.132. The summed E-state index contributed by atoms with van der Waals surface area (Å²) >= 11 is 0. The number of carboxylic acid groups (broad SMARTS) is 1. The van der Waals surface area contributed by atoms with E-state index in [0.29, 0.717) is 11.6 Å². The minimum absolute atomic E-state index is 0.318. The first-order chi connectivity index (χ1) is 8.16. The highest BCUT2D eigenvalue weighted by atomic mass is 16.4. The van der Waals surface area contributed by atoms with Gasteiger partial charge in [0.25, 0.3) is 0 Å². The quantitative estimate of drug-likeness (QED) is 0.818. The van der Waals surface area contributed by atoms with Crippen LogP contribution >= 0.6 is 0 Å². The van der Waals surface area contributed by atoms with Crippen LogP contribution in [0.4, 0.5) is 0 Å². The van der Waals surface area contributed by atoms with Gasteiger partial charge in [0.15, 0.2) is 0 Å². The molecular weight excluding hydrogens is 216 g/mol. The van der Waals surface area contributed by atoms with Crippen molar-refractivity contribution in [3.63, 3.8) is 0 Å². The van der Waals surface area contributed by atoms with Crippen molar-refractivity contribution in [3.8, 4) is 0 Å². The first-order valence-electron chi connectivity index (χ1n) is 6.13. The van der Waals surface area contributed by atoms with E-state index in [9.17, 15) is 4.79 Å². The molecule has 4 heteroatoms. The van der Waals surface area contributed by atoms with E-state index in [1.165, 1.54) is 32.1 Å². The number of nitrogens with zero attached hydrogens (tertiary/aromatic N) is 2. The molecule has 92 valence electrons. The van der Waals surface area contributed by atoms with E-state index >= 15 is 0 Å². The van der Waals surface area contributed by atoms with E-state index in [4.69, 9.17) is 5.11 Å². The average molecular weight is 234 g/mol. The van der Waals surface area contributed by atoms with Gasteiger partial charge in [-0.05, 0) is 31.9 Å². The van der Waals surface area contributed by atoms with Crippen molar-refractivity contribution >= 4 is 12.0 Å². The van der Waals surface area contributed by atoms with Gasteiger partial charge >= 0.3 is 5.97 Å². The fraction of sp³-hybridized carbons (Fsp3) is 0.538. The number of carbonyl (C=O) groups is 1. The lowest BCUT2D eigenvalue weighted by Gasteiger charge is -2.21. The Morgan fingerprint density at radius 3 is 2.82 bits per heavy atom. The second-order valence-corrected chi connectivity index (χ2v) is 4.64. The molecule has 2 rings (SSSR count). The molecule has 0 aromatic carbocycles. The second-order valence-electron chi connectivity index (χ2n) is 4.64. The van der Waals surface area contributed by atoms with Crippen LogP contribution in [0, 0.1) is 0 Å². The topological polar surface area (TPSA) is 55.1 Å². The average Bonchev–Trinajstić information content (AvgIpc) is 2.78. The molecule has 1 saturated carbocycles. The van der Waals surface area contributed by atoms with Crippen molar-refractivity contribution < 1.29 is 9.90 Å².